The number of H-pyrrole nitrogens is 1. The zero-order valence-electron chi connectivity index (χ0n) is 12.8. The van der Waals surface area contributed by atoms with Gasteiger partial charge >= 0.3 is 0 Å². The quantitative estimate of drug-likeness (QED) is 0.897. The van der Waals surface area contributed by atoms with Crippen LogP contribution < -0.4 is 0 Å². The summed E-state index contributed by atoms with van der Waals surface area (Å²) in [6, 6.07) is 0. The zero-order chi connectivity index (χ0) is 14.3. The molecule has 0 saturated heterocycles. The molecule has 2 aromatic rings. The number of hydrogen-bond donors (Lipinski definition) is 1. The molecule has 0 unspecified atom stereocenters. The lowest BCUT2D eigenvalue weighted by Gasteiger charge is -2.20. The highest BCUT2D eigenvalue weighted by atomic mass is 15.1. The molecule has 104 valence electrons. The van der Waals surface area contributed by atoms with Crippen LogP contribution in [0.25, 0.3) is 11.0 Å². The van der Waals surface area contributed by atoms with E-state index >= 15 is 0 Å². The highest BCUT2D eigenvalue weighted by Gasteiger charge is 2.21. The zero-order valence-corrected chi connectivity index (χ0v) is 12.8. The van der Waals surface area contributed by atoms with Crippen molar-refractivity contribution in [1.82, 2.24) is 20.2 Å². The van der Waals surface area contributed by atoms with Gasteiger partial charge in [0, 0.05) is 5.41 Å². The lowest BCUT2D eigenvalue weighted by atomic mass is 9.89. The third kappa shape index (κ3) is 3.31. The second-order valence-electron chi connectivity index (χ2n) is 7.44. The summed E-state index contributed by atoms with van der Waals surface area (Å²) >= 11 is 0. The molecule has 0 radical (unpaired) electrons. The van der Waals surface area contributed by atoms with E-state index in [-0.39, 0.29) is 5.41 Å². The Morgan fingerprint density at radius 1 is 1.05 bits per heavy atom. The number of aryl methyl sites for hydroxylation is 1. The molecule has 1 N–H and O–H groups in total. The van der Waals surface area contributed by atoms with Gasteiger partial charge in [0.25, 0.3) is 0 Å². The van der Waals surface area contributed by atoms with E-state index in [4.69, 9.17) is 4.98 Å². The molecule has 0 aromatic carbocycles. The third-order valence-corrected chi connectivity index (χ3v) is 3.17. The summed E-state index contributed by atoms with van der Waals surface area (Å²) in [7, 11) is 0. The predicted molar refractivity (Wildman–Crippen MR) is 78.2 cm³/mol. The number of nitrogens with zero attached hydrogens (tertiary/aromatic N) is 3. The van der Waals surface area contributed by atoms with E-state index < -0.39 is 0 Å². The van der Waals surface area contributed by atoms with Crippen molar-refractivity contribution in [2.24, 2.45) is 5.41 Å². The molecular formula is C15H24N4. The van der Waals surface area contributed by atoms with Crippen LogP contribution in [0.3, 0.4) is 0 Å². The van der Waals surface area contributed by atoms with Crippen molar-refractivity contribution in [3.8, 4) is 0 Å². The minimum atomic E-state index is -0.0459. The number of hydrogen-bond acceptors (Lipinski definition) is 3. The smallest absolute Gasteiger partial charge is 0.159 e. The van der Waals surface area contributed by atoms with E-state index in [0.717, 1.165) is 35.4 Å². The molecule has 0 bridgehead atoms. The van der Waals surface area contributed by atoms with Crippen LogP contribution in [0.4, 0.5) is 0 Å². The fourth-order valence-electron chi connectivity index (χ4n) is 1.91. The van der Waals surface area contributed by atoms with Crippen LogP contribution in [0.15, 0.2) is 6.20 Å². The monoisotopic (exact) mass is 260 g/mol. The molecule has 0 spiro atoms. The summed E-state index contributed by atoms with van der Waals surface area (Å²) in [5, 5.41) is 8.12. The predicted octanol–water partition coefficient (Wildman–Crippen LogP) is 3.63. The number of fused-ring (bicyclic) bond motifs is 1. The van der Waals surface area contributed by atoms with Gasteiger partial charge in [-0.2, -0.15) is 5.10 Å². The van der Waals surface area contributed by atoms with Crippen molar-refractivity contribution in [2.75, 3.05) is 0 Å². The Kier molecular flexibility index (Phi) is 3.37. The lowest BCUT2D eigenvalue weighted by Crippen LogP contribution is -2.18. The molecule has 0 aliphatic heterocycles. The van der Waals surface area contributed by atoms with Crippen LogP contribution in [0.5, 0.6) is 0 Å². The second kappa shape index (κ2) is 4.58. The molecule has 0 amide bonds. The molecular weight excluding hydrogens is 236 g/mol. The van der Waals surface area contributed by atoms with E-state index in [1.54, 1.807) is 0 Å². The first-order valence-electron chi connectivity index (χ1n) is 6.87. The first-order chi connectivity index (χ1) is 8.67. The summed E-state index contributed by atoms with van der Waals surface area (Å²) in [6.45, 7) is 13.2. The minimum Gasteiger partial charge on any atom is -0.261 e. The Morgan fingerprint density at radius 2 is 1.74 bits per heavy atom. The standard InChI is InChI=1S/C15H24N4/c1-14(2,3)8-7-11-10-9-16-19-12(10)18-13(17-11)15(4,5)6/h9H,7-8H2,1-6H3,(H,16,17,18,19). The largest absolute Gasteiger partial charge is 0.261 e. The maximum absolute atomic E-state index is 4.78. The lowest BCUT2D eigenvalue weighted by molar-refractivity contribution is 0.376. The SMILES string of the molecule is CC(C)(C)CCc1nc(C(C)(C)C)nc2[nH]ncc12. The molecule has 0 aliphatic rings. The first kappa shape index (κ1) is 14.0. The molecule has 4 nitrogen and oxygen atoms in total. The van der Waals surface area contributed by atoms with Gasteiger partial charge in [-0.3, -0.25) is 5.10 Å². The second-order valence-corrected chi connectivity index (χ2v) is 7.44. The Labute approximate surface area is 115 Å². The van der Waals surface area contributed by atoms with Gasteiger partial charge in [0.2, 0.25) is 0 Å². The maximum Gasteiger partial charge on any atom is 0.159 e. The van der Waals surface area contributed by atoms with Gasteiger partial charge in [0.1, 0.15) is 5.82 Å². The fraction of sp³-hybridized carbons (Fsp3) is 0.667. The Hall–Kier alpha value is -1.45. The van der Waals surface area contributed by atoms with Gasteiger partial charge in [0.15, 0.2) is 5.65 Å². The Balaban J connectivity index is 2.43. The van der Waals surface area contributed by atoms with Gasteiger partial charge < -0.3 is 0 Å². The third-order valence-electron chi connectivity index (χ3n) is 3.17. The molecule has 19 heavy (non-hydrogen) atoms. The fourth-order valence-corrected chi connectivity index (χ4v) is 1.91. The number of rotatable bonds is 2. The van der Waals surface area contributed by atoms with Crippen molar-refractivity contribution < 1.29 is 0 Å². The summed E-state index contributed by atoms with van der Waals surface area (Å²) < 4.78 is 0. The summed E-state index contributed by atoms with van der Waals surface area (Å²) in [5.41, 5.74) is 2.22. The van der Waals surface area contributed by atoms with Crippen LogP contribution in [0.1, 0.15) is 59.5 Å². The van der Waals surface area contributed by atoms with Crippen LogP contribution in [-0.4, -0.2) is 20.2 Å². The molecule has 0 aliphatic carbocycles. The topological polar surface area (TPSA) is 54.5 Å². The van der Waals surface area contributed by atoms with Gasteiger partial charge in [-0.1, -0.05) is 41.5 Å². The van der Waals surface area contributed by atoms with Crippen LogP contribution in [-0.2, 0) is 11.8 Å². The van der Waals surface area contributed by atoms with Gasteiger partial charge in [0.05, 0.1) is 17.3 Å². The number of aromatic amines is 1. The Bertz CT molecular complexity index is 570. The van der Waals surface area contributed by atoms with Crippen LogP contribution in [0.2, 0.25) is 0 Å². The van der Waals surface area contributed by atoms with E-state index in [1.165, 1.54) is 0 Å². The average Bonchev–Trinajstić information content (AvgIpc) is 2.71. The normalized spacial score (nSPS) is 13.2. The molecule has 0 fully saturated rings. The summed E-state index contributed by atoms with van der Waals surface area (Å²) in [6.07, 6.45) is 3.90. The average molecular weight is 260 g/mol. The number of aromatic nitrogens is 4. The van der Waals surface area contributed by atoms with Crippen molar-refractivity contribution >= 4 is 11.0 Å². The first-order valence-corrected chi connectivity index (χ1v) is 6.87. The molecule has 0 atom stereocenters. The molecule has 2 aromatic heterocycles. The van der Waals surface area contributed by atoms with Crippen molar-refractivity contribution in [3.05, 3.63) is 17.7 Å². The van der Waals surface area contributed by atoms with Crippen molar-refractivity contribution in [1.29, 1.82) is 0 Å². The highest BCUT2D eigenvalue weighted by molar-refractivity contribution is 5.76. The van der Waals surface area contributed by atoms with Crippen LogP contribution in [0, 0.1) is 5.41 Å². The molecule has 0 saturated carbocycles. The van der Waals surface area contributed by atoms with E-state index in [0.29, 0.717) is 5.41 Å². The van der Waals surface area contributed by atoms with Crippen molar-refractivity contribution in [2.45, 2.75) is 59.8 Å². The van der Waals surface area contributed by atoms with Gasteiger partial charge in [-0.15, -0.1) is 0 Å². The highest BCUT2D eigenvalue weighted by Crippen LogP contribution is 2.26. The number of nitrogens with one attached hydrogen (secondary N) is 1. The van der Waals surface area contributed by atoms with E-state index in [9.17, 15) is 0 Å². The molecule has 2 rings (SSSR count). The maximum atomic E-state index is 4.78. The molecule has 2 heterocycles. The van der Waals surface area contributed by atoms with E-state index in [2.05, 4.69) is 56.7 Å². The minimum absolute atomic E-state index is 0.0459. The molecule has 4 heteroatoms. The Morgan fingerprint density at radius 3 is 2.32 bits per heavy atom. The van der Waals surface area contributed by atoms with Crippen LogP contribution >= 0.6 is 0 Å². The summed E-state index contributed by atoms with van der Waals surface area (Å²) in [4.78, 5) is 9.36. The van der Waals surface area contributed by atoms with E-state index in [1.807, 2.05) is 6.20 Å². The van der Waals surface area contributed by atoms with Gasteiger partial charge in [-0.25, -0.2) is 9.97 Å². The van der Waals surface area contributed by atoms with Crippen molar-refractivity contribution in [3.63, 3.8) is 0 Å². The van der Waals surface area contributed by atoms with Gasteiger partial charge in [-0.05, 0) is 18.3 Å². The summed E-state index contributed by atoms with van der Waals surface area (Å²) in [5.74, 6) is 0.883.